The number of carbonyl (C=O) groups excluding carboxylic acids is 1. The number of halogens is 1. The Kier molecular flexibility index (Phi) is 6.81. The highest BCUT2D eigenvalue weighted by Gasteiger charge is 2.33. The number of benzene rings is 2. The lowest BCUT2D eigenvalue weighted by molar-refractivity contribution is -0.135. The summed E-state index contributed by atoms with van der Waals surface area (Å²) in [6.07, 6.45) is 4.00. The van der Waals surface area contributed by atoms with E-state index in [1.165, 1.54) is 15.9 Å². The van der Waals surface area contributed by atoms with Gasteiger partial charge in [0.05, 0.1) is 11.4 Å². The number of ether oxygens (including phenoxy) is 1. The summed E-state index contributed by atoms with van der Waals surface area (Å²) in [6, 6.07) is 11.6. The first-order chi connectivity index (χ1) is 15.4. The summed E-state index contributed by atoms with van der Waals surface area (Å²) >= 11 is 0. The van der Waals surface area contributed by atoms with Gasteiger partial charge in [-0.1, -0.05) is 18.2 Å². The van der Waals surface area contributed by atoms with Crippen molar-refractivity contribution in [2.45, 2.75) is 37.0 Å². The molecule has 172 valence electrons. The summed E-state index contributed by atoms with van der Waals surface area (Å²) in [7, 11) is -1.85. The molecule has 6 nitrogen and oxygen atoms in total. The highest BCUT2D eigenvalue weighted by molar-refractivity contribution is 7.89. The van der Waals surface area contributed by atoms with Crippen molar-refractivity contribution in [1.82, 2.24) is 9.21 Å². The third-order valence-electron chi connectivity index (χ3n) is 6.41. The van der Waals surface area contributed by atoms with E-state index in [-0.39, 0.29) is 24.2 Å². The number of nitrogens with zero attached hydrogens (tertiary/aromatic N) is 2. The average Bonchev–Trinajstić information content (AvgIpc) is 3.28. The zero-order valence-corrected chi connectivity index (χ0v) is 19.1. The smallest absolute Gasteiger partial charge is 0.243 e. The van der Waals surface area contributed by atoms with E-state index in [0.717, 1.165) is 24.8 Å². The SMILES string of the molecule is CN(CCOc1ccccc1F)C(=O)C1CCN(S(=O)(=O)c2ccc3c(c2)CCC3)CC1. The molecule has 2 aromatic rings. The highest BCUT2D eigenvalue weighted by Crippen LogP contribution is 2.29. The van der Waals surface area contributed by atoms with Crippen molar-refractivity contribution in [1.29, 1.82) is 0 Å². The lowest BCUT2D eigenvalue weighted by Crippen LogP contribution is -2.44. The van der Waals surface area contributed by atoms with Crippen molar-refractivity contribution >= 4 is 15.9 Å². The quantitative estimate of drug-likeness (QED) is 0.636. The Morgan fingerprint density at radius 1 is 1.12 bits per heavy atom. The summed E-state index contributed by atoms with van der Waals surface area (Å²) in [6.45, 7) is 1.18. The fraction of sp³-hybridized carbons (Fsp3) is 0.458. The minimum atomic E-state index is -3.55. The van der Waals surface area contributed by atoms with Crippen molar-refractivity contribution in [3.8, 4) is 5.75 Å². The Morgan fingerprint density at radius 3 is 2.59 bits per heavy atom. The molecule has 0 bridgehead atoms. The van der Waals surface area contributed by atoms with Crippen LogP contribution >= 0.6 is 0 Å². The fourth-order valence-electron chi connectivity index (χ4n) is 4.48. The lowest BCUT2D eigenvalue weighted by atomic mass is 9.97. The third-order valence-corrected chi connectivity index (χ3v) is 8.30. The average molecular weight is 461 g/mol. The van der Waals surface area contributed by atoms with Gasteiger partial charge in [-0.15, -0.1) is 0 Å². The number of hydrogen-bond donors (Lipinski definition) is 0. The second-order valence-corrected chi connectivity index (χ2v) is 10.4. The van der Waals surface area contributed by atoms with Gasteiger partial charge in [0.25, 0.3) is 0 Å². The van der Waals surface area contributed by atoms with Gasteiger partial charge >= 0.3 is 0 Å². The van der Waals surface area contributed by atoms with Crippen LogP contribution in [0.5, 0.6) is 5.75 Å². The molecule has 1 saturated heterocycles. The Labute approximate surface area is 189 Å². The molecular weight excluding hydrogens is 431 g/mol. The number of para-hydroxylation sites is 1. The Morgan fingerprint density at radius 2 is 1.84 bits per heavy atom. The van der Waals surface area contributed by atoms with E-state index in [0.29, 0.717) is 37.4 Å². The lowest BCUT2D eigenvalue weighted by Gasteiger charge is -2.32. The van der Waals surface area contributed by atoms with Crippen molar-refractivity contribution in [2.75, 3.05) is 33.3 Å². The molecule has 2 aromatic carbocycles. The van der Waals surface area contributed by atoms with E-state index in [9.17, 15) is 17.6 Å². The number of carbonyl (C=O) groups is 1. The molecule has 0 saturated carbocycles. The highest BCUT2D eigenvalue weighted by atomic mass is 32.2. The largest absolute Gasteiger partial charge is 0.489 e. The summed E-state index contributed by atoms with van der Waals surface area (Å²) in [4.78, 5) is 14.7. The van der Waals surface area contributed by atoms with E-state index in [1.807, 2.05) is 12.1 Å². The van der Waals surface area contributed by atoms with Crippen LogP contribution in [-0.2, 0) is 27.7 Å². The van der Waals surface area contributed by atoms with Gasteiger partial charge in [-0.05, 0) is 67.5 Å². The van der Waals surface area contributed by atoms with Gasteiger partial charge in [0, 0.05) is 26.1 Å². The standard InChI is InChI=1S/C24H29FN2O4S/c1-26(15-16-31-23-8-3-2-7-22(23)25)24(28)19-11-13-27(14-12-19)32(29,30)21-10-9-18-5-4-6-20(18)17-21/h2-3,7-10,17,19H,4-6,11-16H2,1H3. The van der Waals surface area contributed by atoms with E-state index in [1.54, 1.807) is 36.2 Å². The van der Waals surface area contributed by atoms with Gasteiger partial charge < -0.3 is 9.64 Å². The van der Waals surface area contributed by atoms with Gasteiger partial charge in [-0.25, -0.2) is 12.8 Å². The van der Waals surface area contributed by atoms with Crippen LogP contribution < -0.4 is 4.74 Å². The van der Waals surface area contributed by atoms with Gasteiger partial charge in [0.15, 0.2) is 11.6 Å². The first-order valence-electron chi connectivity index (χ1n) is 11.1. The molecule has 0 aromatic heterocycles. The van der Waals surface area contributed by atoms with Crippen LogP contribution in [0, 0.1) is 11.7 Å². The monoisotopic (exact) mass is 460 g/mol. The maximum Gasteiger partial charge on any atom is 0.243 e. The van der Waals surface area contributed by atoms with E-state index < -0.39 is 15.8 Å². The molecule has 1 amide bonds. The van der Waals surface area contributed by atoms with Crippen LogP contribution in [0.2, 0.25) is 0 Å². The normalized spacial score (nSPS) is 17.2. The Hall–Kier alpha value is -2.45. The minimum Gasteiger partial charge on any atom is -0.489 e. The number of fused-ring (bicyclic) bond motifs is 1. The number of hydrogen-bond acceptors (Lipinski definition) is 4. The molecule has 1 aliphatic heterocycles. The molecule has 0 spiro atoms. The maximum absolute atomic E-state index is 13.6. The minimum absolute atomic E-state index is 0.0308. The Bertz CT molecular complexity index is 1080. The number of sulfonamides is 1. The van der Waals surface area contributed by atoms with Crippen molar-refractivity contribution in [3.05, 3.63) is 59.4 Å². The maximum atomic E-state index is 13.6. The molecule has 1 aliphatic carbocycles. The molecule has 0 N–H and O–H groups in total. The predicted molar refractivity (Wildman–Crippen MR) is 119 cm³/mol. The second-order valence-electron chi connectivity index (χ2n) is 8.50. The van der Waals surface area contributed by atoms with Crippen molar-refractivity contribution in [3.63, 3.8) is 0 Å². The molecule has 0 radical (unpaired) electrons. The zero-order chi connectivity index (χ0) is 22.7. The molecule has 4 rings (SSSR count). The topological polar surface area (TPSA) is 66.9 Å². The fourth-order valence-corrected chi connectivity index (χ4v) is 6.00. The van der Waals surface area contributed by atoms with Crippen LogP contribution in [-0.4, -0.2) is 56.8 Å². The van der Waals surface area contributed by atoms with E-state index in [2.05, 4.69) is 0 Å². The first kappa shape index (κ1) is 22.7. The molecular formula is C24H29FN2O4S. The first-order valence-corrected chi connectivity index (χ1v) is 12.5. The van der Waals surface area contributed by atoms with Gasteiger partial charge in [-0.3, -0.25) is 4.79 Å². The van der Waals surface area contributed by atoms with Crippen LogP contribution in [0.4, 0.5) is 4.39 Å². The number of piperidine rings is 1. The molecule has 0 unspecified atom stereocenters. The summed E-state index contributed by atoms with van der Waals surface area (Å²) < 4.78 is 46.7. The zero-order valence-electron chi connectivity index (χ0n) is 18.3. The summed E-state index contributed by atoms with van der Waals surface area (Å²) in [5.74, 6) is -0.520. The van der Waals surface area contributed by atoms with Crippen molar-refractivity contribution < 1.29 is 22.3 Å². The Balaban J connectivity index is 1.29. The molecule has 0 atom stereocenters. The van der Waals surface area contributed by atoms with Gasteiger partial charge in [0.1, 0.15) is 6.61 Å². The van der Waals surface area contributed by atoms with Crippen LogP contribution in [0.3, 0.4) is 0 Å². The van der Waals surface area contributed by atoms with Crippen LogP contribution in [0.1, 0.15) is 30.4 Å². The van der Waals surface area contributed by atoms with Crippen LogP contribution in [0.15, 0.2) is 47.4 Å². The number of aryl methyl sites for hydroxylation is 2. The number of amides is 1. The summed E-state index contributed by atoms with van der Waals surface area (Å²) in [5, 5.41) is 0. The van der Waals surface area contributed by atoms with Gasteiger partial charge in [0.2, 0.25) is 15.9 Å². The van der Waals surface area contributed by atoms with E-state index >= 15 is 0 Å². The summed E-state index contributed by atoms with van der Waals surface area (Å²) in [5.41, 5.74) is 2.38. The molecule has 8 heteroatoms. The molecule has 32 heavy (non-hydrogen) atoms. The second kappa shape index (κ2) is 9.58. The third kappa shape index (κ3) is 4.81. The van der Waals surface area contributed by atoms with E-state index in [4.69, 9.17) is 4.74 Å². The van der Waals surface area contributed by atoms with Gasteiger partial charge in [-0.2, -0.15) is 4.31 Å². The molecule has 2 aliphatic rings. The molecule has 1 heterocycles. The molecule has 1 fully saturated rings. The van der Waals surface area contributed by atoms with Crippen LogP contribution in [0.25, 0.3) is 0 Å². The predicted octanol–water partition coefficient (Wildman–Crippen LogP) is 3.25. The number of rotatable bonds is 7. The van der Waals surface area contributed by atoms with Crippen molar-refractivity contribution in [2.24, 2.45) is 5.92 Å². The number of likely N-dealkylation sites (N-methyl/N-ethyl adjacent to an activating group) is 1.